The summed E-state index contributed by atoms with van der Waals surface area (Å²) in [6, 6.07) is 7.26. The highest BCUT2D eigenvalue weighted by Crippen LogP contribution is 2.16. The zero-order valence-corrected chi connectivity index (χ0v) is 15.6. The number of nitrogens with zero attached hydrogens (tertiary/aromatic N) is 3. The number of carboxylic acids is 4. The van der Waals surface area contributed by atoms with Crippen LogP contribution in [0, 0.1) is 0 Å². The summed E-state index contributed by atoms with van der Waals surface area (Å²) in [4.78, 5) is 54.4. The van der Waals surface area contributed by atoms with Crippen LogP contribution in [0.25, 0.3) is 0 Å². The Kier molecular flexibility index (Phi) is 7.53. The summed E-state index contributed by atoms with van der Waals surface area (Å²) in [5.74, 6) is -4.95. The van der Waals surface area contributed by atoms with Crippen LogP contribution in [-0.4, -0.2) is 65.2 Å². The molecule has 11 nitrogen and oxygen atoms in total. The fourth-order valence-electron chi connectivity index (χ4n) is 2.79. The first kappa shape index (κ1) is 22.4. The maximum atomic E-state index is 11.8. The molecule has 2 aromatic heterocycles. The molecule has 2 aromatic rings. The fourth-order valence-corrected chi connectivity index (χ4v) is 2.79. The quantitative estimate of drug-likeness (QED) is 0.413. The number of aromatic nitrogens is 2. The molecule has 30 heavy (non-hydrogen) atoms. The number of aliphatic carboxylic acids is 2. The Bertz CT molecular complexity index is 903. The minimum absolute atomic E-state index is 0.114. The molecule has 0 aliphatic heterocycles. The predicted molar refractivity (Wildman–Crippen MR) is 99.9 cm³/mol. The lowest BCUT2D eigenvalue weighted by molar-refractivity contribution is -0.145. The summed E-state index contributed by atoms with van der Waals surface area (Å²) in [6.07, 6.45) is -0.624. The van der Waals surface area contributed by atoms with Crippen LogP contribution in [0.4, 0.5) is 0 Å². The number of rotatable bonds is 11. The van der Waals surface area contributed by atoms with E-state index in [2.05, 4.69) is 9.97 Å². The number of carboxylic acid groups (broad SMARTS) is 4. The Balaban J connectivity index is 2.37. The van der Waals surface area contributed by atoms with Gasteiger partial charge in [-0.2, -0.15) is 0 Å². The minimum atomic E-state index is -1.28. The molecule has 0 fully saturated rings. The Labute approximate surface area is 170 Å². The predicted octanol–water partition coefficient (Wildman–Crippen LogP) is 1.19. The highest BCUT2D eigenvalue weighted by Gasteiger charge is 2.27. The third-order valence-electron chi connectivity index (χ3n) is 4.14. The van der Waals surface area contributed by atoms with Crippen LogP contribution in [-0.2, 0) is 22.7 Å². The maximum absolute atomic E-state index is 11.8. The Morgan fingerprint density at radius 2 is 1.27 bits per heavy atom. The monoisotopic (exact) mass is 417 g/mol. The van der Waals surface area contributed by atoms with E-state index in [4.69, 9.17) is 15.3 Å². The minimum Gasteiger partial charge on any atom is -0.481 e. The molecule has 1 atom stereocenters. The molecule has 0 saturated heterocycles. The molecule has 2 heterocycles. The van der Waals surface area contributed by atoms with E-state index in [1.54, 1.807) is 0 Å². The average molecular weight is 417 g/mol. The average Bonchev–Trinajstić information content (AvgIpc) is 2.68. The highest BCUT2D eigenvalue weighted by molar-refractivity contribution is 5.85. The number of carbonyl (C=O) groups is 4. The van der Waals surface area contributed by atoms with E-state index < -0.39 is 36.3 Å². The van der Waals surface area contributed by atoms with E-state index in [-0.39, 0.29) is 42.3 Å². The van der Waals surface area contributed by atoms with Gasteiger partial charge in [0.05, 0.1) is 11.4 Å². The Morgan fingerprint density at radius 1 is 0.800 bits per heavy atom. The van der Waals surface area contributed by atoms with E-state index in [1.165, 1.54) is 41.3 Å². The number of hydrogen-bond donors (Lipinski definition) is 4. The van der Waals surface area contributed by atoms with Crippen LogP contribution in [0.3, 0.4) is 0 Å². The maximum Gasteiger partial charge on any atom is 0.354 e. The van der Waals surface area contributed by atoms with Crippen molar-refractivity contribution >= 4 is 23.9 Å². The molecular weight excluding hydrogens is 398 g/mol. The van der Waals surface area contributed by atoms with Gasteiger partial charge < -0.3 is 20.4 Å². The van der Waals surface area contributed by atoms with Crippen LogP contribution >= 0.6 is 0 Å². The molecule has 0 aromatic carbocycles. The standard InChI is InChI=1S/C19H19N3O8/c23-16(24)8-7-15(19(29)30)22(9-11-3-1-5-13(20-11)17(25)26)10-12-4-2-6-14(21-12)18(27)28/h1-6,15H,7-10H2,(H,23,24)(H,25,26)(H,27,28)(H,29,30)/t15-/m0/s1. The first-order chi connectivity index (χ1) is 14.2. The summed E-state index contributed by atoms with van der Waals surface area (Å²) >= 11 is 0. The van der Waals surface area contributed by atoms with Gasteiger partial charge >= 0.3 is 23.9 Å². The number of aromatic carboxylic acids is 2. The topological polar surface area (TPSA) is 178 Å². The lowest BCUT2D eigenvalue weighted by Gasteiger charge is -2.28. The molecule has 0 aliphatic rings. The van der Waals surface area contributed by atoms with Gasteiger partial charge in [-0.25, -0.2) is 19.6 Å². The summed E-state index contributed by atoms with van der Waals surface area (Å²) < 4.78 is 0. The van der Waals surface area contributed by atoms with Crippen molar-refractivity contribution in [1.82, 2.24) is 14.9 Å². The van der Waals surface area contributed by atoms with Crippen molar-refractivity contribution in [2.24, 2.45) is 0 Å². The van der Waals surface area contributed by atoms with Crippen molar-refractivity contribution < 1.29 is 39.6 Å². The summed E-state index contributed by atoms with van der Waals surface area (Å²) in [5.41, 5.74) is 0.0587. The molecule has 2 rings (SSSR count). The van der Waals surface area contributed by atoms with Gasteiger partial charge in [-0.1, -0.05) is 12.1 Å². The molecule has 0 aliphatic carbocycles. The molecule has 11 heteroatoms. The van der Waals surface area contributed by atoms with Crippen molar-refractivity contribution in [3.8, 4) is 0 Å². The second kappa shape index (κ2) is 10.1. The largest absolute Gasteiger partial charge is 0.481 e. The third kappa shape index (κ3) is 6.34. The molecule has 0 spiro atoms. The third-order valence-corrected chi connectivity index (χ3v) is 4.14. The smallest absolute Gasteiger partial charge is 0.354 e. The number of hydrogen-bond acceptors (Lipinski definition) is 7. The lowest BCUT2D eigenvalue weighted by atomic mass is 10.1. The molecule has 4 N–H and O–H groups in total. The second-order valence-electron chi connectivity index (χ2n) is 6.33. The Hall–Kier alpha value is -3.86. The molecule has 0 bridgehead atoms. The zero-order valence-electron chi connectivity index (χ0n) is 15.6. The van der Waals surface area contributed by atoms with Gasteiger partial charge in [-0.15, -0.1) is 0 Å². The van der Waals surface area contributed by atoms with Crippen molar-refractivity contribution in [3.63, 3.8) is 0 Å². The van der Waals surface area contributed by atoms with Gasteiger partial charge in [0.2, 0.25) is 0 Å². The van der Waals surface area contributed by atoms with Crippen molar-refractivity contribution in [2.75, 3.05) is 0 Å². The van der Waals surface area contributed by atoms with Gasteiger partial charge in [-0.05, 0) is 30.7 Å². The van der Waals surface area contributed by atoms with E-state index in [0.717, 1.165) is 0 Å². The van der Waals surface area contributed by atoms with Crippen molar-refractivity contribution in [1.29, 1.82) is 0 Å². The molecule has 0 amide bonds. The summed E-state index contributed by atoms with van der Waals surface area (Å²) in [7, 11) is 0. The van der Waals surface area contributed by atoms with Crippen LogP contribution in [0.2, 0.25) is 0 Å². The second-order valence-corrected chi connectivity index (χ2v) is 6.33. The first-order valence-electron chi connectivity index (χ1n) is 8.74. The van der Waals surface area contributed by atoms with E-state index in [9.17, 15) is 24.3 Å². The van der Waals surface area contributed by atoms with Crippen molar-refractivity contribution in [2.45, 2.75) is 32.0 Å². The normalized spacial score (nSPS) is 11.8. The van der Waals surface area contributed by atoms with Gasteiger partial charge in [0.25, 0.3) is 0 Å². The van der Waals surface area contributed by atoms with Gasteiger partial charge in [0.15, 0.2) is 0 Å². The zero-order chi connectivity index (χ0) is 22.3. The summed E-state index contributed by atoms with van der Waals surface area (Å²) in [5, 5.41) is 36.8. The Morgan fingerprint density at radius 3 is 1.63 bits per heavy atom. The van der Waals surface area contributed by atoms with E-state index in [1.807, 2.05) is 0 Å². The fraction of sp³-hybridized carbons (Fsp3) is 0.263. The first-order valence-corrected chi connectivity index (χ1v) is 8.74. The van der Waals surface area contributed by atoms with Crippen LogP contribution in [0.1, 0.15) is 45.2 Å². The van der Waals surface area contributed by atoms with E-state index in [0.29, 0.717) is 0 Å². The van der Waals surface area contributed by atoms with E-state index >= 15 is 0 Å². The molecular formula is C19H19N3O8. The lowest BCUT2D eigenvalue weighted by Crippen LogP contribution is -2.41. The van der Waals surface area contributed by atoms with Gasteiger partial charge in [0.1, 0.15) is 17.4 Å². The van der Waals surface area contributed by atoms with Crippen LogP contribution < -0.4 is 0 Å². The molecule has 158 valence electrons. The molecule has 0 unspecified atom stereocenters. The van der Waals surface area contributed by atoms with Gasteiger partial charge in [-0.3, -0.25) is 14.5 Å². The highest BCUT2D eigenvalue weighted by atomic mass is 16.4. The molecule has 0 saturated carbocycles. The SMILES string of the molecule is O=C(O)CC[C@@H](C(=O)O)N(Cc1cccc(C(=O)O)n1)Cc1cccc(C(=O)O)n1. The number of pyridine rings is 2. The summed E-state index contributed by atoms with van der Waals surface area (Å²) in [6.45, 7) is -0.229. The van der Waals surface area contributed by atoms with Crippen LogP contribution in [0.15, 0.2) is 36.4 Å². The van der Waals surface area contributed by atoms with Crippen LogP contribution in [0.5, 0.6) is 0 Å². The van der Waals surface area contributed by atoms with Crippen molar-refractivity contribution in [3.05, 3.63) is 59.2 Å². The van der Waals surface area contributed by atoms with Gasteiger partial charge in [0, 0.05) is 19.5 Å². The molecule has 0 radical (unpaired) electrons.